The van der Waals surface area contributed by atoms with Crippen LogP contribution in [-0.2, 0) is 17.6 Å². The fourth-order valence-corrected chi connectivity index (χ4v) is 2.95. The lowest BCUT2D eigenvalue weighted by Crippen LogP contribution is -2.49. The van der Waals surface area contributed by atoms with Gasteiger partial charge in [-0.25, -0.2) is 27.9 Å². The molecule has 10 nitrogen and oxygen atoms in total. The first-order chi connectivity index (χ1) is 14.2. The van der Waals surface area contributed by atoms with Crippen LogP contribution in [0.2, 0.25) is 0 Å². The van der Waals surface area contributed by atoms with Crippen LogP contribution in [0.25, 0.3) is 0 Å². The van der Waals surface area contributed by atoms with Gasteiger partial charge < -0.3 is 10.4 Å². The number of hydrogen-bond acceptors (Lipinski definition) is 6. The highest BCUT2D eigenvalue weighted by Crippen LogP contribution is 2.16. The van der Waals surface area contributed by atoms with Gasteiger partial charge in [-0.1, -0.05) is 0 Å². The number of halogens is 3. The Balaban J connectivity index is 1.64. The van der Waals surface area contributed by atoms with Crippen molar-refractivity contribution in [3.05, 3.63) is 46.8 Å². The van der Waals surface area contributed by atoms with Gasteiger partial charge in [0, 0.05) is 31.5 Å². The zero-order valence-electron chi connectivity index (χ0n) is 15.7. The first-order valence-corrected chi connectivity index (χ1v) is 8.88. The van der Waals surface area contributed by atoms with Crippen LogP contribution >= 0.6 is 0 Å². The average Bonchev–Trinajstić information content (AvgIpc) is 3.04. The summed E-state index contributed by atoms with van der Waals surface area (Å²) in [7, 11) is 0. The topological polar surface area (TPSA) is 134 Å². The molecule has 1 aromatic carbocycles. The van der Waals surface area contributed by atoms with E-state index in [0.29, 0.717) is 36.7 Å². The number of carbonyl (C=O) groups excluding carboxylic acids is 1. The molecule has 160 valence electrons. The highest BCUT2D eigenvalue weighted by molar-refractivity contribution is 5.86. The minimum Gasteiger partial charge on any atom is -0.465 e. The Morgan fingerprint density at radius 3 is 2.70 bits per heavy atom. The summed E-state index contributed by atoms with van der Waals surface area (Å²) < 4.78 is 41.8. The van der Waals surface area contributed by atoms with E-state index in [1.54, 1.807) is 6.92 Å². The van der Waals surface area contributed by atoms with Crippen molar-refractivity contribution in [1.29, 1.82) is 0 Å². The van der Waals surface area contributed by atoms with E-state index in [4.69, 9.17) is 5.11 Å². The summed E-state index contributed by atoms with van der Waals surface area (Å²) >= 11 is 0. The summed E-state index contributed by atoms with van der Waals surface area (Å²) in [5, 5.41) is 15.2. The van der Waals surface area contributed by atoms with Gasteiger partial charge in [0.15, 0.2) is 11.6 Å². The van der Waals surface area contributed by atoms with Crippen LogP contribution in [0.3, 0.4) is 0 Å². The molecule has 30 heavy (non-hydrogen) atoms. The van der Waals surface area contributed by atoms with Crippen molar-refractivity contribution in [3.63, 3.8) is 0 Å². The molecule has 0 spiro atoms. The first-order valence-electron chi connectivity index (χ1n) is 8.88. The number of hydrogen-bond donors (Lipinski definition) is 4. The van der Waals surface area contributed by atoms with E-state index in [1.807, 2.05) is 0 Å². The first kappa shape index (κ1) is 21.1. The largest absolute Gasteiger partial charge is 0.465 e. The normalized spacial score (nSPS) is 13.8. The number of nitrogens with zero attached hydrogens (tertiary/aromatic N) is 4. The van der Waals surface area contributed by atoms with Crippen LogP contribution in [0.1, 0.15) is 23.6 Å². The van der Waals surface area contributed by atoms with Gasteiger partial charge in [0.25, 0.3) is 0 Å². The Bertz CT molecular complexity index is 1010. The van der Waals surface area contributed by atoms with Crippen molar-refractivity contribution in [2.75, 3.05) is 6.54 Å². The Kier molecular flexibility index (Phi) is 6.18. The zero-order chi connectivity index (χ0) is 21.8. The zero-order valence-corrected chi connectivity index (χ0v) is 15.7. The minimum atomic E-state index is -1.46. The predicted molar refractivity (Wildman–Crippen MR) is 97.0 cm³/mol. The van der Waals surface area contributed by atoms with Crippen molar-refractivity contribution in [3.8, 4) is 0 Å². The van der Waals surface area contributed by atoms with Crippen molar-refractivity contribution in [2.45, 2.75) is 32.2 Å². The predicted octanol–water partition coefficient (Wildman–Crippen LogP) is 0.654. The van der Waals surface area contributed by atoms with E-state index in [-0.39, 0.29) is 17.9 Å². The molecule has 13 heteroatoms. The lowest BCUT2D eigenvalue weighted by Gasteiger charge is -2.19. The Morgan fingerprint density at radius 2 is 1.97 bits per heavy atom. The third kappa shape index (κ3) is 5.04. The number of amides is 2. The maximum atomic E-state index is 13.9. The summed E-state index contributed by atoms with van der Waals surface area (Å²) in [6.07, 6.45) is -1.64. The number of hydrazine groups is 1. The molecule has 0 saturated heterocycles. The number of fused-ring (bicyclic) bond motifs is 1. The molecule has 0 unspecified atom stereocenters. The summed E-state index contributed by atoms with van der Waals surface area (Å²) in [6, 6.07) is -0.104. The maximum Gasteiger partial charge on any atom is 0.404 e. The van der Waals surface area contributed by atoms with Crippen molar-refractivity contribution in [1.82, 2.24) is 30.9 Å². The smallest absolute Gasteiger partial charge is 0.404 e. The van der Waals surface area contributed by atoms with Gasteiger partial charge in [-0.3, -0.25) is 15.6 Å². The number of carbonyl (C=O) groups is 2. The Morgan fingerprint density at radius 1 is 1.23 bits per heavy atom. The third-order valence-electron chi connectivity index (χ3n) is 4.21. The van der Waals surface area contributed by atoms with E-state index in [1.165, 1.54) is 4.68 Å². The molecule has 0 bridgehead atoms. The second kappa shape index (κ2) is 8.80. The second-order valence-electron chi connectivity index (χ2n) is 6.53. The molecule has 1 atom stereocenters. The molecule has 3 rings (SSSR count). The van der Waals surface area contributed by atoms with Gasteiger partial charge in [0.05, 0.1) is 0 Å². The van der Waals surface area contributed by atoms with Crippen molar-refractivity contribution in [2.24, 2.45) is 4.99 Å². The van der Waals surface area contributed by atoms with Crippen LogP contribution in [0.4, 0.5) is 18.0 Å². The Labute approximate surface area is 168 Å². The lowest BCUT2D eigenvalue weighted by atomic mass is 10.0. The number of nitrogens with one attached hydrogen (secondary N) is 3. The molecule has 0 aliphatic carbocycles. The number of aliphatic imine (C=N–C) groups is 1. The van der Waals surface area contributed by atoms with E-state index >= 15 is 0 Å². The van der Waals surface area contributed by atoms with Gasteiger partial charge in [0.2, 0.25) is 11.9 Å². The van der Waals surface area contributed by atoms with Gasteiger partial charge >= 0.3 is 6.09 Å². The minimum absolute atomic E-state index is 0.236. The summed E-state index contributed by atoms with van der Waals surface area (Å²) in [4.78, 5) is 31.7. The highest BCUT2D eigenvalue weighted by Gasteiger charge is 2.21. The standard InChI is InChI=1S/C17H18F3N7O3/c1-8-22-14-2-3-21-16(27(14)26-8)25-24-15(28)6-10(23-17(29)30)4-9-5-12(19)13(20)7-11(9)18/h5,7,10,23H,2-4,6H2,1H3,(H,21,25)(H,24,28)(H,29,30)/t10-/m1/s1. The van der Waals surface area contributed by atoms with E-state index in [9.17, 15) is 22.8 Å². The molecule has 1 aliphatic rings. The molecule has 2 heterocycles. The summed E-state index contributed by atoms with van der Waals surface area (Å²) in [5.41, 5.74) is 4.68. The van der Waals surface area contributed by atoms with Crippen molar-refractivity contribution < 1.29 is 27.9 Å². The monoisotopic (exact) mass is 425 g/mol. The van der Waals surface area contributed by atoms with Crippen molar-refractivity contribution >= 4 is 18.0 Å². The maximum absolute atomic E-state index is 13.9. The number of carboxylic acid groups (broad SMARTS) is 1. The number of benzene rings is 1. The molecule has 0 saturated carbocycles. The van der Waals surface area contributed by atoms with Crippen LogP contribution in [0, 0.1) is 24.4 Å². The van der Waals surface area contributed by atoms with Crippen LogP contribution < -0.4 is 16.2 Å². The Hall–Kier alpha value is -3.64. The van der Waals surface area contributed by atoms with Crippen LogP contribution in [-0.4, -0.2) is 50.4 Å². The number of aromatic nitrogens is 3. The molecular weight excluding hydrogens is 407 g/mol. The fraction of sp³-hybridized carbons (Fsp3) is 0.353. The van der Waals surface area contributed by atoms with Gasteiger partial charge in [-0.2, -0.15) is 4.68 Å². The molecule has 0 fully saturated rings. The number of rotatable bonds is 5. The van der Waals surface area contributed by atoms with E-state index in [2.05, 4.69) is 31.2 Å². The molecule has 1 aromatic heterocycles. The van der Waals surface area contributed by atoms with Crippen LogP contribution in [0.5, 0.6) is 0 Å². The molecule has 2 amide bonds. The quantitative estimate of drug-likeness (QED) is 0.411. The molecule has 4 N–H and O–H groups in total. The molecular formula is C17H18F3N7O3. The lowest BCUT2D eigenvalue weighted by molar-refractivity contribution is -0.122. The molecule has 0 radical (unpaired) electrons. The number of aryl methyl sites for hydroxylation is 1. The van der Waals surface area contributed by atoms with E-state index in [0.717, 1.165) is 0 Å². The highest BCUT2D eigenvalue weighted by atomic mass is 19.2. The average molecular weight is 425 g/mol. The van der Waals surface area contributed by atoms with Gasteiger partial charge in [-0.15, -0.1) is 5.10 Å². The molecule has 2 aromatic rings. The van der Waals surface area contributed by atoms with E-state index < -0.39 is 41.9 Å². The second-order valence-corrected chi connectivity index (χ2v) is 6.53. The van der Waals surface area contributed by atoms with Gasteiger partial charge in [0.1, 0.15) is 17.5 Å². The molecule has 1 aliphatic heterocycles. The van der Waals surface area contributed by atoms with Crippen LogP contribution in [0.15, 0.2) is 17.1 Å². The summed E-state index contributed by atoms with van der Waals surface area (Å²) in [5.74, 6) is -2.90. The fourth-order valence-electron chi connectivity index (χ4n) is 2.95. The summed E-state index contributed by atoms with van der Waals surface area (Å²) in [6.45, 7) is 2.15. The SMILES string of the molecule is Cc1nc2n(n1)C(NNC(=O)C[C@@H](Cc1cc(F)c(F)cc1F)NC(=O)O)=NCC2. The third-order valence-corrected chi connectivity index (χ3v) is 4.21. The van der Waals surface area contributed by atoms with Gasteiger partial charge in [-0.05, 0) is 25.0 Å².